The number of ether oxygens (including phenoxy) is 3. The summed E-state index contributed by atoms with van der Waals surface area (Å²) in [5.41, 5.74) is 0. The van der Waals surface area contributed by atoms with Gasteiger partial charge in [-0.05, 0) is 51.4 Å². The van der Waals surface area contributed by atoms with Gasteiger partial charge in [-0.2, -0.15) is 0 Å². The fourth-order valence-corrected chi connectivity index (χ4v) is 5.25. The topological polar surface area (TPSA) is 78.9 Å². The second-order valence-electron chi connectivity index (χ2n) is 13.7. The van der Waals surface area contributed by atoms with Crippen molar-refractivity contribution in [3.63, 3.8) is 0 Å². The number of carbonyl (C=O) groups is 3. The normalized spacial score (nSPS) is 13.3. The Morgan fingerprint density at radius 1 is 0.411 bits per heavy atom. The van der Waals surface area contributed by atoms with Gasteiger partial charge in [-0.25, -0.2) is 0 Å². The van der Waals surface area contributed by atoms with E-state index in [9.17, 15) is 14.4 Å². The van der Waals surface area contributed by atoms with Crippen LogP contribution in [0.15, 0.2) is 122 Å². The fraction of sp³-hybridized carbons (Fsp3) is 0.540. The molecular formula is C50H76O6. The molecule has 0 aromatic carbocycles. The molecule has 0 spiro atoms. The van der Waals surface area contributed by atoms with Crippen LogP contribution in [0.2, 0.25) is 0 Å². The Balaban J connectivity index is 4.53. The summed E-state index contributed by atoms with van der Waals surface area (Å²) in [5, 5.41) is 0. The SMILES string of the molecule is CC\C=C/C=C\C=C/C=C\C=C\C=C/C=C\CCCCCC(=O)OCC(COC(=O)C/C=C\C/C=C\C/C=C\CC)OC(=O)CCCCCCCCCCCC. The van der Waals surface area contributed by atoms with Crippen molar-refractivity contribution in [2.75, 3.05) is 13.2 Å². The van der Waals surface area contributed by atoms with Crippen LogP contribution in [0.3, 0.4) is 0 Å². The lowest BCUT2D eigenvalue weighted by Crippen LogP contribution is -2.30. The maximum atomic E-state index is 12.6. The van der Waals surface area contributed by atoms with Gasteiger partial charge in [0, 0.05) is 12.8 Å². The van der Waals surface area contributed by atoms with Crippen molar-refractivity contribution in [1.82, 2.24) is 0 Å². The Labute approximate surface area is 342 Å². The minimum atomic E-state index is -0.831. The summed E-state index contributed by atoms with van der Waals surface area (Å²) in [4.78, 5) is 37.5. The van der Waals surface area contributed by atoms with E-state index in [1.807, 2.05) is 79.0 Å². The van der Waals surface area contributed by atoms with Crippen LogP contribution in [0.4, 0.5) is 0 Å². The average molecular weight is 773 g/mol. The third kappa shape index (κ3) is 41.0. The van der Waals surface area contributed by atoms with Crippen LogP contribution in [0, 0.1) is 0 Å². The van der Waals surface area contributed by atoms with Gasteiger partial charge in [0.25, 0.3) is 0 Å². The molecule has 0 saturated carbocycles. The standard InChI is InChI=1S/C50H76O6/c1-4-7-10-13-16-19-21-22-23-24-25-26-27-28-29-32-34-37-40-43-49(52)55-46-47(45-54-48(51)42-39-36-33-30-18-15-12-9-6-3)56-50(53)44-41-38-35-31-20-17-14-11-8-5-2/h7,9-10,12-13,16,18-19,21-30,36,39,47H,4-6,8,11,14-15,17,20,31-35,37-38,40-46H2,1-3H3/b10-7-,12-9-,16-13-,21-19-,23-22-,25-24+,27-26-,29-28-,30-18-,39-36-. The molecular weight excluding hydrogens is 697 g/mol. The van der Waals surface area contributed by atoms with Gasteiger partial charge in [-0.3, -0.25) is 14.4 Å². The summed E-state index contributed by atoms with van der Waals surface area (Å²) in [6.45, 7) is 6.18. The zero-order chi connectivity index (χ0) is 40.8. The predicted octanol–water partition coefficient (Wildman–Crippen LogP) is 13.8. The highest BCUT2D eigenvalue weighted by atomic mass is 16.6. The van der Waals surface area contributed by atoms with Gasteiger partial charge in [-0.1, -0.05) is 206 Å². The van der Waals surface area contributed by atoms with Crippen LogP contribution in [0.1, 0.15) is 156 Å². The molecule has 0 rings (SSSR count). The molecule has 0 aromatic heterocycles. The Hall–Kier alpha value is -4.19. The zero-order valence-electron chi connectivity index (χ0n) is 35.3. The van der Waals surface area contributed by atoms with E-state index in [2.05, 4.69) is 57.2 Å². The van der Waals surface area contributed by atoms with Crippen molar-refractivity contribution in [2.45, 2.75) is 162 Å². The van der Waals surface area contributed by atoms with E-state index in [1.165, 1.54) is 44.9 Å². The van der Waals surface area contributed by atoms with Crippen LogP contribution < -0.4 is 0 Å². The molecule has 0 aliphatic rings. The highest BCUT2D eigenvalue weighted by Gasteiger charge is 2.19. The van der Waals surface area contributed by atoms with Crippen molar-refractivity contribution in [3.8, 4) is 0 Å². The maximum Gasteiger partial charge on any atom is 0.309 e. The number of allylic oxidation sites excluding steroid dienone is 19. The van der Waals surface area contributed by atoms with Gasteiger partial charge in [0.1, 0.15) is 13.2 Å². The first-order valence-electron chi connectivity index (χ1n) is 21.6. The fourth-order valence-electron chi connectivity index (χ4n) is 5.25. The summed E-state index contributed by atoms with van der Waals surface area (Å²) in [6, 6.07) is 0. The first-order chi connectivity index (χ1) is 27.5. The first kappa shape index (κ1) is 51.8. The van der Waals surface area contributed by atoms with E-state index in [0.29, 0.717) is 12.8 Å². The number of unbranched alkanes of at least 4 members (excludes halogenated alkanes) is 12. The average Bonchev–Trinajstić information content (AvgIpc) is 3.19. The Kier molecular flexibility index (Phi) is 40.3. The molecule has 0 N–H and O–H groups in total. The third-order valence-electron chi connectivity index (χ3n) is 8.44. The van der Waals surface area contributed by atoms with Crippen LogP contribution in [0.25, 0.3) is 0 Å². The molecule has 0 amide bonds. The number of carbonyl (C=O) groups excluding carboxylic acids is 3. The highest BCUT2D eigenvalue weighted by molar-refractivity contribution is 5.72. The van der Waals surface area contributed by atoms with Crippen LogP contribution in [-0.2, 0) is 28.6 Å². The van der Waals surface area contributed by atoms with Gasteiger partial charge in [0.05, 0.1) is 6.42 Å². The lowest BCUT2D eigenvalue weighted by Gasteiger charge is -2.18. The minimum Gasteiger partial charge on any atom is -0.462 e. The molecule has 0 aliphatic carbocycles. The van der Waals surface area contributed by atoms with E-state index >= 15 is 0 Å². The zero-order valence-corrected chi connectivity index (χ0v) is 35.3. The molecule has 56 heavy (non-hydrogen) atoms. The van der Waals surface area contributed by atoms with E-state index in [1.54, 1.807) is 6.08 Å². The minimum absolute atomic E-state index is 0.122. The third-order valence-corrected chi connectivity index (χ3v) is 8.44. The van der Waals surface area contributed by atoms with E-state index < -0.39 is 12.1 Å². The molecule has 0 saturated heterocycles. The van der Waals surface area contributed by atoms with Crippen molar-refractivity contribution >= 4 is 17.9 Å². The molecule has 0 radical (unpaired) electrons. The van der Waals surface area contributed by atoms with E-state index in [-0.39, 0.29) is 38.0 Å². The second kappa shape index (κ2) is 43.5. The smallest absolute Gasteiger partial charge is 0.309 e. The Bertz CT molecular complexity index is 1260. The molecule has 1 unspecified atom stereocenters. The summed E-state index contributed by atoms with van der Waals surface area (Å²) in [7, 11) is 0. The maximum absolute atomic E-state index is 12.6. The summed E-state index contributed by atoms with van der Waals surface area (Å²) < 4.78 is 16.5. The van der Waals surface area contributed by atoms with Gasteiger partial charge in [0.15, 0.2) is 6.10 Å². The number of rotatable bonds is 36. The lowest BCUT2D eigenvalue weighted by atomic mass is 10.1. The van der Waals surface area contributed by atoms with Gasteiger partial charge < -0.3 is 14.2 Å². The molecule has 1 atom stereocenters. The summed E-state index contributed by atoms with van der Waals surface area (Å²) in [5.74, 6) is -1.12. The summed E-state index contributed by atoms with van der Waals surface area (Å²) >= 11 is 0. The van der Waals surface area contributed by atoms with Crippen LogP contribution in [-0.4, -0.2) is 37.2 Å². The molecule has 6 heteroatoms. The number of hydrogen-bond acceptors (Lipinski definition) is 6. The van der Waals surface area contributed by atoms with E-state index in [0.717, 1.165) is 64.2 Å². The van der Waals surface area contributed by atoms with Crippen molar-refractivity contribution in [2.24, 2.45) is 0 Å². The molecule has 6 nitrogen and oxygen atoms in total. The van der Waals surface area contributed by atoms with E-state index in [4.69, 9.17) is 14.2 Å². The van der Waals surface area contributed by atoms with Crippen molar-refractivity contribution < 1.29 is 28.6 Å². The van der Waals surface area contributed by atoms with Gasteiger partial charge in [0.2, 0.25) is 0 Å². The molecule has 0 aromatic rings. The summed E-state index contributed by atoms with van der Waals surface area (Å²) in [6.07, 6.45) is 59.3. The molecule has 312 valence electrons. The quantitative estimate of drug-likeness (QED) is 0.0207. The predicted molar refractivity (Wildman–Crippen MR) is 237 cm³/mol. The number of esters is 3. The molecule has 0 heterocycles. The molecule has 0 fully saturated rings. The molecule has 0 bridgehead atoms. The van der Waals surface area contributed by atoms with Gasteiger partial charge in [-0.15, -0.1) is 0 Å². The van der Waals surface area contributed by atoms with Gasteiger partial charge >= 0.3 is 17.9 Å². The van der Waals surface area contributed by atoms with Crippen molar-refractivity contribution in [3.05, 3.63) is 122 Å². The Morgan fingerprint density at radius 2 is 0.839 bits per heavy atom. The number of hydrogen-bond donors (Lipinski definition) is 0. The lowest BCUT2D eigenvalue weighted by molar-refractivity contribution is -0.166. The van der Waals surface area contributed by atoms with Crippen LogP contribution in [0.5, 0.6) is 0 Å². The second-order valence-corrected chi connectivity index (χ2v) is 13.7. The van der Waals surface area contributed by atoms with Crippen molar-refractivity contribution in [1.29, 1.82) is 0 Å². The van der Waals surface area contributed by atoms with Crippen LogP contribution >= 0.6 is 0 Å². The first-order valence-corrected chi connectivity index (χ1v) is 21.6. The highest BCUT2D eigenvalue weighted by Crippen LogP contribution is 2.12. The Morgan fingerprint density at radius 3 is 1.39 bits per heavy atom. The molecule has 0 aliphatic heterocycles. The largest absolute Gasteiger partial charge is 0.462 e. The monoisotopic (exact) mass is 773 g/mol.